The number of thiophene rings is 1. The largest absolute Gasteiger partial charge is 0.392 e. The van der Waals surface area contributed by atoms with Gasteiger partial charge in [-0.1, -0.05) is 12.1 Å². The molecule has 1 aromatic carbocycles. The van der Waals surface area contributed by atoms with E-state index < -0.39 is 0 Å². The Bertz CT molecular complexity index is 649. The Labute approximate surface area is 130 Å². The highest BCUT2D eigenvalue weighted by Crippen LogP contribution is 2.21. The summed E-state index contributed by atoms with van der Waals surface area (Å²) in [6, 6.07) is 7.44. The summed E-state index contributed by atoms with van der Waals surface area (Å²) >= 11 is 4.95. The van der Waals surface area contributed by atoms with Gasteiger partial charge in [-0.15, -0.1) is 11.3 Å². The smallest absolute Gasteiger partial charge is 0.248 e. The van der Waals surface area contributed by atoms with E-state index in [2.05, 4.69) is 21.2 Å². The molecule has 1 aromatic heterocycles. The lowest BCUT2D eigenvalue weighted by Gasteiger charge is -2.08. The average molecular weight is 352 g/mol. The second-order valence-electron chi connectivity index (χ2n) is 4.31. The molecule has 0 spiro atoms. The normalized spacial score (nSPS) is 10.9. The first-order valence-corrected chi connectivity index (χ1v) is 7.69. The third kappa shape index (κ3) is 4.03. The molecule has 5 heteroatoms. The Balaban J connectivity index is 2.06. The van der Waals surface area contributed by atoms with Gasteiger partial charge in [-0.3, -0.25) is 4.79 Å². The number of hydrogen-bond donors (Lipinski definition) is 2. The summed E-state index contributed by atoms with van der Waals surface area (Å²) in [4.78, 5) is 11.9. The molecular formula is C15H14BrNO2S. The van der Waals surface area contributed by atoms with Crippen LogP contribution in [-0.2, 0) is 11.4 Å². The second-order valence-corrected chi connectivity index (χ2v) is 6.60. The van der Waals surface area contributed by atoms with Gasteiger partial charge in [-0.2, -0.15) is 0 Å². The summed E-state index contributed by atoms with van der Waals surface area (Å²) in [5.74, 6) is -0.189. The molecule has 0 saturated carbocycles. The van der Waals surface area contributed by atoms with Gasteiger partial charge in [0.25, 0.3) is 0 Å². The summed E-state index contributed by atoms with van der Waals surface area (Å²) in [5.41, 5.74) is 3.44. The van der Waals surface area contributed by atoms with Crippen molar-refractivity contribution in [2.75, 3.05) is 5.32 Å². The number of halogens is 1. The van der Waals surface area contributed by atoms with Crippen LogP contribution in [0.2, 0.25) is 0 Å². The number of amides is 1. The molecule has 2 rings (SSSR count). The lowest BCUT2D eigenvalue weighted by molar-refractivity contribution is -0.111. The summed E-state index contributed by atoms with van der Waals surface area (Å²) in [7, 11) is 0. The molecule has 3 nitrogen and oxygen atoms in total. The zero-order chi connectivity index (χ0) is 14.5. The van der Waals surface area contributed by atoms with Crippen molar-refractivity contribution >= 4 is 44.9 Å². The van der Waals surface area contributed by atoms with E-state index >= 15 is 0 Å². The number of aryl methyl sites for hydroxylation is 1. The SMILES string of the molecule is Cc1ccc(CO)cc1NC(=O)/C=C/c1csc(Br)c1. The molecule has 2 aromatic rings. The zero-order valence-corrected chi connectivity index (χ0v) is 13.3. The van der Waals surface area contributed by atoms with E-state index in [1.807, 2.05) is 30.5 Å². The van der Waals surface area contributed by atoms with Gasteiger partial charge in [0.2, 0.25) is 5.91 Å². The Morgan fingerprint density at radius 2 is 2.25 bits per heavy atom. The number of rotatable bonds is 4. The molecule has 20 heavy (non-hydrogen) atoms. The summed E-state index contributed by atoms with van der Waals surface area (Å²) < 4.78 is 1.03. The van der Waals surface area contributed by atoms with Gasteiger partial charge in [0, 0.05) is 11.8 Å². The average Bonchev–Trinajstić information content (AvgIpc) is 2.85. The van der Waals surface area contributed by atoms with Crippen LogP contribution < -0.4 is 5.32 Å². The van der Waals surface area contributed by atoms with Crippen LogP contribution in [0.3, 0.4) is 0 Å². The van der Waals surface area contributed by atoms with Crippen LogP contribution in [0.4, 0.5) is 5.69 Å². The molecule has 2 N–H and O–H groups in total. The quantitative estimate of drug-likeness (QED) is 0.819. The minimum atomic E-state index is -0.189. The van der Waals surface area contributed by atoms with Gasteiger partial charge in [-0.05, 0) is 63.1 Å². The van der Waals surface area contributed by atoms with Crippen molar-refractivity contribution in [2.24, 2.45) is 0 Å². The Morgan fingerprint density at radius 1 is 1.45 bits per heavy atom. The Hall–Kier alpha value is -1.43. The number of benzene rings is 1. The fraction of sp³-hybridized carbons (Fsp3) is 0.133. The second kappa shape index (κ2) is 6.83. The van der Waals surface area contributed by atoms with E-state index in [4.69, 9.17) is 5.11 Å². The maximum absolute atomic E-state index is 11.9. The molecule has 0 aliphatic rings. The van der Waals surface area contributed by atoms with E-state index in [0.717, 1.165) is 26.2 Å². The van der Waals surface area contributed by atoms with Crippen LogP contribution in [0.5, 0.6) is 0 Å². The van der Waals surface area contributed by atoms with Gasteiger partial charge in [0.15, 0.2) is 0 Å². The molecule has 0 fully saturated rings. The van der Waals surface area contributed by atoms with Crippen molar-refractivity contribution in [2.45, 2.75) is 13.5 Å². The predicted molar refractivity (Wildman–Crippen MR) is 86.8 cm³/mol. The van der Waals surface area contributed by atoms with E-state index in [1.165, 1.54) is 6.08 Å². The van der Waals surface area contributed by atoms with E-state index in [-0.39, 0.29) is 12.5 Å². The number of carbonyl (C=O) groups is 1. The molecule has 1 heterocycles. The van der Waals surface area contributed by atoms with Crippen LogP contribution in [0, 0.1) is 6.92 Å². The molecular weight excluding hydrogens is 338 g/mol. The number of anilines is 1. The first-order valence-electron chi connectivity index (χ1n) is 6.02. The lowest BCUT2D eigenvalue weighted by atomic mass is 10.1. The fourth-order valence-corrected chi connectivity index (χ4v) is 2.80. The van der Waals surface area contributed by atoms with Gasteiger partial charge in [0.05, 0.1) is 10.4 Å². The summed E-state index contributed by atoms with van der Waals surface area (Å²) in [5, 5.41) is 13.9. The lowest BCUT2D eigenvalue weighted by Crippen LogP contribution is -2.09. The molecule has 0 aliphatic heterocycles. The highest BCUT2D eigenvalue weighted by molar-refractivity contribution is 9.11. The maximum Gasteiger partial charge on any atom is 0.248 e. The van der Waals surface area contributed by atoms with E-state index in [0.29, 0.717) is 0 Å². The first-order chi connectivity index (χ1) is 9.58. The standard InChI is InChI=1S/C15H14BrNO2S/c1-10-2-3-11(8-18)6-13(10)17-15(19)5-4-12-7-14(16)20-9-12/h2-7,9,18H,8H2,1H3,(H,17,19)/b5-4+. The highest BCUT2D eigenvalue weighted by Gasteiger charge is 2.03. The molecule has 104 valence electrons. The monoisotopic (exact) mass is 351 g/mol. The van der Waals surface area contributed by atoms with Crippen LogP contribution in [0.1, 0.15) is 16.7 Å². The van der Waals surface area contributed by atoms with Crippen LogP contribution in [0.15, 0.2) is 39.5 Å². The van der Waals surface area contributed by atoms with Gasteiger partial charge >= 0.3 is 0 Å². The minimum absolute atomic E-state index is 0.0398. The molecule has 0 atom stereocenters. The maximum atomic E-state index is 11.9. The highest BCUT2D eigenvalue weighted by atomic mass is 79.9. The molecule has 0 bridgehead atoms. The summed E-state index contributed by atoms with van der Waals surface area (Å²) in [6.45, 7) is 1.87. The zero-order valence-electron chi connectivity index (χ0n) is 10.9. The molecule has 1 amide bonds. The predicted octanol–water partition coefficient (Wildman–Crippen LogP) is 3.96. The molecule has 0 aliphatic carbocycles. The third-order valence-corrected chi connectivity index (χ3v) is 4.28. The molecule has 0 unspecified atom stereocenters. The van der Waals surface area contributed by atoms with Gasteiger partial charge in [0.1, 0.15) is 0 Å². The molecule has 0 saturated heterocycles. The van der Waals surface area contributed by atoms with Crippen molar-refractivity contribution in [1.82, 2.24) is 0 Å². The van der Waals surface area contributed by atoms with E-state index in [1.54, 1.807) is 23.5 Å². The van der Waals surface area contributed by atoms with Gasteiger partial charge in [-0.25, -0.2) is 0 Å². The number of hydrogen-bond acceptors (Lipinski definition) is 3. The minimum Gasteiger partial charge on any atom is -0.392 e. The topological polar surface area (TPSA) is 49.3 Å². The Morgan fingerprint density at radius 3 is 2.90 bits per heavy atom. The van der Waals surface area contributed by atoms with Crippen LogP contribution >= 0.6 is 27.3 Å². The van der Waals surface area contributed by atoms with Crippen molar-refractivity contribution in [3.63, 3.8) is 0 Å². The third-order valence-electron chi connectivity index (χ3n) is 2.76. The first kappa shape index (κ1) is 15.0. The Kier molecular flexibility index (Phi) is 5.11. The molecule has 0 radical (unpaired) electrons. The van der Waals surface area contributed by atoms with Crippen LogP contribution in [-0.4, -0.2) is 11.0 Å². The van der Waals surface area contributed by atoms with Crippen LogP contribution in [0.25, 0.3) is 6.08 Å². The fourth-order valence-electron chi connectivity index (χ4n) is 1.66. The summed E-state index contributed by atoms with van der Waals surface area (Å²) in [6.07, 6.45) is 3.27. The van der Waals surface area contributed by atoms with Crippen molar-refractivity contribution in [1.29, 1.82) is 0 Å². The number of aliphatic hydroxyl groups excluding tert-OH is 1. The number of aliphatic hydroxyl groups is 1. The van der Waals surface area contributed by atoms with Crippen molar-refractivity contribution in [3.05, 3.63) is 56.2 Å². The number of carbonyl (C=O) groups excluding carboxylic acids is 1. The van der Waals surface area contributed by atoms with Crippen molar-refractivity contribution in [3.8, 4) is 0 Å². The van der Waals surface area contributed by atoms with Gasteiger partial charge < -0.3 is 10.4 Å². The van der Waals surface area contributed by atoms with E-state index in [9.17, 15) is 4.79 Å². The number of nitrogens with one attached hydrogen (secondary N) is 1. The van der Waals surface area contributed by atoms with Crippen molar-refractivity contribution < 1.29 is 9.90 Å².